The number of hydrogen-bond donors (Lipinski definition) is 1. The van der Waals surface area contributed by atoms with Crippen molar-refractivity contribution in [3.8, 4) is 0 Å². The number of rotatable bonds is 4. The maximum Gasteiger partial charge on any atom is 0.316 e. The van der Waals surface area contributed by atoms with Gasteiger partial charge in [0.2, 0.25) is 0 Å². The van der Waals surface area contributed by atoms with Crippen molar-refractivity contribution in [1.29, 1.82) is 0 Å². The first-order chi connectivity index (χ1) is 16.0. The van der Waals surface area contributed by atoms with Gasteiger partial charge in [0, 0.05) is 44.8 Å². The Hall–Kier alpha value is -3.71. The topological polar surface area (TPSA) is 78.4 Å². The summed E-state index contributed by atoms with van der Waals surface area (Å²) in [6, 6.07) is 20.0. The number of aromatic nitrogens is 2. The molecule has 33 heavy (non-hydrogen) atoms. The average Bonchev–Trinajstić information content (AvgIpc) is 2.85. The number of carbonyl (C=O) groups excluding carboxylic acids is 1. The van der Waals surface area contributed by atoms with Crippen LogP contribution in [0.3, 0.4) is 0 Å². The molecule has 1 amide bonds. The molecule has 168 valence electrons. The summed E-state index contributed by atoms with van der Waals surface area (Å²) in [5, 5.41) is 2.51. The van der Waals surface area contributed by atoms with Crippen LogP contribution >= 0.6 is 0 Å². The molecule has 1 N–H and O–H groups in total. The number of fused-ring (bicyclic) bond motifs is 2. The molecule has 0 aliphatic carbocycles. The molecule has 1 aliphatic heterocycles. The third-order valence-corrected chi connectivity index (χ3v) is 6.47. The van der Waals surface area contributed by atoms with Crippen molar-refractivity contribution in [3.63, 3.8) is 0 Å². The fourth-order valence-electron chi connectivity index (χ4n) is 4.69. The van der Waals surface area contributed by atoms with E-state index in [9.17, 15) is 14.4 Å². The Kier molecular flexibility index (Phi) is 5.56. The molecule has 1 aliphatic rings. The lowest BCUT2D eigenvalue weighted by atomic mass is 10.0. The zero-order valence-corrected chi connectivity index (χ0v) is 18.6. The van der Waals surface area contributed by atoms with Crippen molar-refractivity contribution in [3.05, 3.63) is 92.5 Å². The summed E-state index contributed by atoms with van der Waals surface area (Å²) in [5.74, 6) is -0.0585. The second kappa shape index (κ2) is 8.67. The van der Waals surface area contributed by atoms with E-state index < -0.39 is 11.1 Å². The Labute approximate surface area is 190 Å². The Morgan fingerprint density at radius 2 is 1.70 bits per heavy atom. The lowest BCUT2D eigenvalue weighted by Crippen LogP contribution is -2.48. The van der Waals surface area contributed by atoms with Gasteiger partial charge in [-0.2, -0.15) is 0 Å². The first-order valence-electron chi connectivity index (χ1n) is 11.3. The van der Waals surface area contributed by atoms with E-state index in [1.165, 1.54) is 20.9 Å². The number of nitrogens with one attached hydrogen (secondary N) is 1. The predicted molar refractivity (Wildman–Crippen MR) is 130 cm³/mol. The lowest BCUT2D eigenvalue weighted by molar-refractivity contribution is 0.0629. The van der Waals surface area contributed by atoms with Crippen LogP contribution in [0.5, 0.6) is 0 Å². The number of amides is 1. The Morgan fingerprint density at radius 3 is 2.48 bits per heavy atom. The van der Waals surface area contributed by atoms with E-state index in [1.807, 2.05) is 11.8 Å². The van der Waals surface area contributed by atoms with Crippen LogP contribution in [0.4, 0.5) is 0 Å². The molecular weight excluding hydrogens is 416 g/mol. The van der Waals surface area contributed by atoms with Crippen LogP contribution in [0.15, 0.2) is 70.3 Å². The highest BCUT2D eigenvalue weighted by Crippen LogP contribution is 2.21. The van der Waals surface area contributed by atoms with Crippen molar-refractivity contribution in [1.82, 2.24) is 19.4 Å². The molecular formula is C26H26N4O3. The highest BCUT2D eigenvalue weighted by atomic mass is 16.2. The third-order valence-electron chi connectivity index (χ3n) is 6.47. The average molecular weight is 443 g/mol. The molecule has 4 aromatic rings. The van der Waals surface area contributed by atoms with Gasteiger partial charge in [-0.05, 0) is 41.5 Å². The van der Waals surface area contributed by atoms with E-state index in [1.54, 1.807) is 18.2 Å². The second-order valence-corrected chi connectivity index (χ2v) is 8.44. The van der Waals surface area contributed by atoms with Gasteiger partial charge >= 0.3 is 11.1 Å². The van der Waals surface area contributed by atoms with Crippen LogP contribution in [0.2, 0.25) is 0 Å². The molecule has 5 rings (SSSR count). The molecule has 0 atom stereocenters. The van der Waals surface area contributed by atoms with E-state index in [4.69, 9.17) is 0 Å². The maximum atomic E-state index is 13.1. The smallest absolute Gasteiger partial charge is 0.316 e. The number of benzene rings is 3. The van der Waals surface area contributed by atoms with Crippen molar-refractivity contribution in [2.45, 2.75) is 20.0 Å². The largest absolute Gasteiger partial charge is 0.336 e. The number of aromatic amines is 1. The summed E-state index contributed by atoms with van der Waals surface area (Å²) in [6.07, 6.45) is 0. The summed E-state index contributed by atoms with van der Waals surface area (Å²) >= 11 is 0. The van der Waals surface area contributed by atoms with Gasteiger partial charge in [-0.3, -0.25) is 19.3 Å². The van der Waals surface area contributed by atoms with Crippen molar-refractivity contribution >= 4 is 27.7 Å². The molecule has 0 radical (unpaired) electrons. The molecule has 0 spiro atoms. The predicted octanol–water partition coefficient (Wildman–Crippen LogP) is 2.82. The number of hydrogen-bond acceptors (Lipinski definition) is 4. The highest BCUT2D eigenvalue weighted by Gasteiger charge is 2.23. The fourth-order valence-corrected chi connectivity index (χ4v) is 4.69. The van der Waals surface area contributed by atoms with E-state index in [0.29, 0.717) is 36.2 Å². The fraction of sp³-hybridized carbons (Fsp3) is 0.269. The number of nitrogens with zero attached hydrogens (tertiary/aromatic N) is 3. The van der Waals surface area contributed by atoms with E-state index >= 15 is 0 Å². The normalized spacial score (nSPS) is 14.8. The van der Waals surface area contributed by atoms with E-state index in [0.717, 1.165) is 19.6 Å². The Balaban J connectivity index is 1.30. The van der Waals surface area contributed by atoms with Crippen LogP contribution in [0.25, 0.3) is 21.8 Å². The lowest BCUT2D eigenvalue weighted by Gasteiger charge is -2.35. The molecule has 7 nitrogen and oxygen atoms in total. The number of piperazine rings is 1. The quantitative estimate of drug-likeness (QED) is 0.493. The molecule has 1 fully saturated rings. The maximum absolute atomic E-state index is 13.1. The van der Waals surface area contributed by atoms with Crippen LogP contribution in [0.1, 0.15) is 22.8 Å². The molecule has 7 heteroatoms. The number of H-pyrrole nitrogens is 1. The summed E-state index contributed by atoms with van der Waals surface area (Å²) in [4.78, 5) is 44.0. The number of aryl methyl sites for hydroxylation is 1. The standard InChI is InChI=1S/C26H26N4O3/c1-2-30-23-11-10-19(16-22(23)27-24(31)26(30)33)25(32)29-14-12-28(13-15-29)17-20-8-5-7-18-6-3-4-9-21(18)20/h3-11,16H,2,12-15,17H2,1H3,(H,27,31). The minimum atomic E-state index is -0.670. The van der Waals surface area contributed by atoms with Gasteiger partial charge in [-0.1, -0.05) is 42.5 Å². The van der Waals surface area contributed by atoms with Gasteiger partial charge < -0.3 is 14.5 Å². The monoisotopic (exact) mass is 442 g/mol. The zero-order chi connectivity index (χ0) is 22.9. The molecule has 3 aromatic carbocycles. The molecule has 2 heterocycles. The molecule has 0 unspecified atom stereocenters. The Bertz CT molecular complexity index is 1460. The summed E-state index contributed by atoms with van der Waals surface area (Å²) in [6.45, 7) is 5.96. The van der Waals surface area contributed by atoms with Gasteiger partial charge in [-0.15, -0.1) is 0 Å². The van der Waals surface area contributed by atoms with E-state index in [-0.39, 0.29) is 5.91 Å². The van der Waals surface area contributed by atoms with Gasteiger partial charge in [0.1, 0.15) is 0 Å². The minimum absolute atomic E-state index is 0.0585. The van der Waals surface area contributed by atoms with Crippen LogP contribution < -0.4 is 11.1 Å². The number of carbonyl (C=O) groups is 1. The minimum Gasteiger partial charge on any atom is -0.336 e. The highest BCUT2D eigenvalue weighted by molar-refractivity contribution is 5.97. The van der Waals surface area contributed by atoms with Gasteiger partial charge in [0.15, 0.2) is 0 Å². The third kappa shape index (κ3) is 3.96. The van der Waals surface area contributed by atoms with Gasteiger partial charge in [0.25, 0.3) is 5.91 Å². The summed E-state index contributed by atoms with van der Waals surface area (Å²) in [7, 11) is 0. The SMILES string of the molecule is CCn1c(=O)c(=O)[nH]c2cc(C(=O)N3CCN(Cc4cccc5ccccc45)CC3)ccc21. The molecule has 1 aromatic heterocycles. The molecule has 1 saturated heterocycles. The first kappa shape index (κ1) is 21.2. The molecule has 0 bridgehead atoms. The van der Waals surface area contributed by atoms with Crippen molar-refractivity contribution in [2.24, 2.45) is 0 Å². The Morgan fingerprint density at radius 1 is 0.939 bits per heavy atom. The first-order valence-corrected chi connectivity index (χ1v) is 11.3. The van der Waals surface area contributed by atoms with Crippen LogP contribution in [-0.4, -0.2) is 51.4 Å². The second-order valence-electron chi connectivity index (χ2n) is 8.44. The van der Waals surface area contributed by atoms with Crippen molar-refractivity contribution in [2.75, 3.05) is 26.2 Å². The zero-order valence-electron chi connectivity index (χ0n) is 18.6. The van der Waals surface area contributed by atoms with Gasteiger partial charge in [-0.25, -0.2) is 0 Å². The molecule has 0 saturated carbocycles. The van der Waals surface area contributed by atoms with Gasteiger partial charge in [0.05, 0.1) is 11.0 Å². The van der Waals surface area contributed by atoms with Crippen LogP contribution in [-0.2, 0) is 13.1 Å². The van der Waals surface area contributed by atoms with E-state index in [2.05, 4.69) is 52.3 Å². The van der Waals surface area contributed by atoms with Crippen molar-refractivity contribution < 1.29 is 4.79 Å². The summed E-state index contributed by atoms with van der Waals surface area (Å²) in [5.41, 5.74) is 1.69. The van der Waals surface area contributed by atoms with Crippen LogP contribution in [0, 0.1) is 0 Å². The summed E-state index contributed by atoms with van der Waals surface area (Å²) < 4.78 is 1.43.